The quantitative estimate of drug-likeness (QED) is 0.166. The number of benzene rings is 4. The summed E-state index contributed by atoms with van der Waals surface area (Å²) < 4.78 is 6.03. The molecule has 238 valence electrons. The number of hydrogen-bond acceptors (Lipinski definition) is 5. The van der Waals surface area contributed by atoms with Crippen LogP contribution in [0.4, 0.5) is 0 Å². The van der Waals surface area contributed by atoms with Gasteiger partial charge in [0.1, 0.15) is 30.0 Å². The Bertz CT molecular complexity index is 1570. The number of carbonyl (C=O) groups is 1. The molecule has 1 heterocycles. The number of nitrogens with zero attached hydrogens (tertiary/aromatic N) is 2. The van der Waals surface area contributed by atoms with Crippen molar-refractivity contribution < 1.29 is 14.6 Å². The summed E-state index contributed by atoms with van der Waals surface area (Å²) in [6.07, 6.45) is 8.72. The van der Waals surface area contributed by atoms with Crippen LogP contribution in [0.2, 0.25) is 0 Å². The molecule has 6 heteroatoms. The molecule has 1 amide bonds. The minimum absolute atomic E-state index is 0.0779. The van der Waals surface area contributed by atoms with Gasteiger partial charge in [0.2, 0.25) is 5.91 Å². The third-order valence-electron chi connectivity index (χ3n) is 9.16. The lowest BCUT2D eigenvalue weighted by Crippen LogP contribution is -2.53. The third kappa shape index (κ3) is 8.57. The monoisotopic (exact) mass is 615 g/mol. The molecule has 2 N–H and O–H groups in total. The first-order valence-corrected chi connectivity index (χ1v) is 16.8. The molecule has 6 nitrogen and oxygen atoms in total. The van der Waals surface area contributed by atoms with E-state index in [2.05, 4.69) is 58.7 Å². The van der Waals surface area contributed by atoms with Gasteiger partial charge in [-0.3, -0.25) is 9.79 Å². The van der Waals surface area contributed by atoms with Crippen molar-refractivity contribution in [1.29, 1.82) is 0 Å². The van der Waals surface area contributed by atoms with Gasteiger partial charge in [0.25, 0.3) is 0 Å². The predicted octanol–water partition coefficient (Wildman–Crippen LogP) is 7.29. The van der Waals surface area contributed by atoms with E-state index in [4.69, 9.17) is 9.73 Å². The summed E-state index contributed by atoms with van der Waals surface area (Å²) in [5.74, 6) is 2.05. The highest BCUT2D eigenvalue weighted by Gasteiger charge is 2.41. The Kier molecular flexibility index (Phi) is 10.7. The van der Waals surface area contributed by atoms with Crippen LogP contribution in [0.25, 0.3) is 0 Å². The maximum atomic E-state index is 14.2. The molecule has 1 aliphatic carbocycles. The predicted molar refractivity (Wildman–Crippen MR) is 184 cm³/mol. The summed E-state index contributed by atoms with van der Waals surface area (Å²) >= 11 is 0. The van der Waals surface area contributed by atoms with E-state index in [1.54, 1.807) is 12.1 Å². The van der Waals surface area contributed by atoms with Gasteiger partial charge in [-0.1, -0.05) is 104 Å². The van der Waals surface area contributed by atoms with Crippen LogP contribution in [-0.4, -0.2) is 46.4 Å². The summed E-state index contributed by atoms with van der Waals surface area (Å²) in [5.41, 5.74) is 4.53. The average molecular weight is 616 g/mol. The summed E-state index contributed by atoms with van der Waals surface area (Å²) in [4.78, 5) is 21.7. The lowest BCUT2D eigenvalue weighted by atomic mass is 9.94. The van der Waals surface area contributed by atoms with E-state index in [1.165, 1.54) is 12.0 Å². The van der Waals surface area contributed by atoms with Crippen LogP contribution in [0.5, 0.6) is 11.5 Å². The standard InChI is InChI=1S/C40H45N3O3/c44-35-20-10-16-33(26-35)28-38-42-37(27-31-21-23-36(24-22-31)46-29-32-14-6-2-7-15-32)39(40(45)41-34-18-8-3-9-19-34)43(38)25-11-17-30-12-4-1-5-13-30/h1-2,4-7,10,12-16,20-24,26,34,37,39,44H,3,8-9,11,17-19,25,27-29H2,(H,41,45). The van der Waals surface area contributed by atoms with Crippen LogP contribution in [0, 0.1) is 0 Å². The van der Waals surface area contributed by atoms with Crippen molar-refractivity contribution >= 4 is 11.7 Å². The first-order valence-electron chi connectivity index (χ1n) is 16.8. The second-order valence-electron chi connectivity index (χ2n) is 12.7. The molecule has 1 aliphatic heterocycles. The Morgan fingerprint density at radius 1 is 0.804 bits per heavy atom. The summed E-state index contributed by atoms with van der Waals surface area (Å²) in [6.45, 7) is 1.25. The Morgan fingerprint density at radius 2 is 1.50 bits per heavy atom. The van der Waals surface area contributed by atoms with Gasteiger partial charge in [-0.2, -0.15) is 0 Å². The molecule has 1 fully saturated rings. The molecule has 0 radical (unpaired) electrons. The van der Waals surface area contributed by atoms with Crippen molar-refractivity contribution in [2.24, 2.45) is 4.99 Å². The number of aromatic hydroxyl groups is 1. The minimum Gasteiger partial charge on any atom is -0.508 e. The molecular formula is C40H45N3O3. The normalized spacial score (nSPS) is 18.3. The first kappa shape index (κ1) is 31.4. The number of aliphatic imine (C=N–C) groups is 1. The zero-order valence-corrected chi connectivity index (χ0v) is 26.6. The SMILES string of the molecule is O=C(NC1CCCCC1)C1C(Cc2ccc(OCc3ccccc3)cc2)N=C(Cc2cccc(O)c2)N1CCCc1ccccc1. The van der Waals surface area contributed by atoms with Crippen LogP contribution >= 0.6 is 0 Å². The second kappa shape index (κ2) is 15.6. The van der Waals surface area contributed by atoms with E-state index in [0.29, 0.717) is 19.4 Å². The first-order chi connectivity index (χ1) is 22.6. The molecule has 2 atom stereocenters. The van der Waals surface area contributed by atoms with E-state index >= 15 is 0 Å². The van der Waals surface area contributed by atoms with E-state index in [1.807, 2.05) is 48.5 Å². The minimum atomic E-state index is -0.390. The molecule has 0 bridgehead atoms. The van der Waals surface area contributed by atoms with Crippen molar-refractivity contribution in [2.75, 3.05) is 6.54 Å². The van der Waals surface area contributed by atoms with E-state index < -0.39 is 0 Å². The third-order valence-corrected chi connectivity index (χ3v) is 9.16. The lowest BCUT2D eigenvalue weighted by Gasteiger charge is -2.32. The van der Waals surface area contributed by atoms with Gasteiger partial charge in [-0.25, -0.2) is 0 Å². The van der Waals surface area contributed by atoms with Crippen molar-refractivity contribution in [3.63, 3.8) is 0 Å². The number of rotatable bonds is 13. The Morgan fingerprint density at radius 3 is 2.22 bits per heavy atom. The molecule has 2 aliphatic rings. The topological polar surface area (TPSA) is 74.2 Å². The van der Waals surface area contributed by atoms with Crippen LogP contribution in [0.3, 0.4) is 0 Å². The number of aryl methyl sites for hydroxylation is 1. The average Bonchev–Trinajstić information content (AvgIpc) is 3.41. The van der Waals surface area contributed by atoms with Gasteiger partial charge in [-0.15, -0.1) is 0 Å². The fraction of sp³-hybridized carbons (Fsp3) is 0.350. The summed E-state index contributed by atoms with van der Waals surface area (Å²) in [7, 11) is 0. The van der Waals surface area contributed by atoms with Gasteiger partial charge in [0, 0.05) is 19.0 Å². The van der Waals surface area contributed by atoms with Crippen LogP contribution in [0.15, 0.2) is 114 Å². The molecular weight excluding hydrogens is 570 g/mol. The Hall–Kier alpha value is -4.58. The van der Waals surface area contributed by atoms with Gasteiger partial charge >= 0.3 is 0 Å². The molecule has 0 aromatic heterocycles. The van der Waals surface area contributed by atoms with Gasteiger partial charge in [0.05, 0.1) is 6.04 Å². The number of phenols is 1. The zero-order valence-electron chi connectivity index (χ0n) is 26.6. The summed E-state index contributed by atoms with van der Waals surface area (Å²) in [6, 6.07) is 35.9. The van der Waals surface area contributed by atoms with Gasteiger partial charge in [0.15, 0.2) is 0 Å². The van der Waals surface area contributed by atoms with Gasteiger partial charge < -0.3 is 20.1 Å². The number of hydrogen-bond donors (Lipinski definition) is 2. The van der Waals surface area contributed by atoms with Crippen LogP contribution in [-0.2, 0) is 30.7 Å². The number of amides is 1. The molecule has 4 aromatic carbocycles. The lowest BCUT2D eigenvalue weighted by molar-refractivity contribution is -0.126. The number of carbonyl (C=O) groups excluding carboxylic acids is 1. The highest BCUT2D eigenvalue weighted by Crippen LogP contribution is 2.27. The molecule has 6 rings (SSSR count). The molecule has 2 unspecified atom stereocenters. The zero-order chi connectivity index (χ0) is 31.6. The number of ether oxygens (including phenoxy) is 1. The Labute approximate surface area is 273 Å². The molecule has 4 aromatic rings. The van der Waals surface area contributed by atoms with Crippen molar-refractivity contribution in [1.82, 2.24) is 10.2 Å². The number of nitrogens with one attached hydrogen (secondary N) is 1. The van der Waals surface area contributed by atoms with Crippen LogP contribution < -0.4 is 10.1 Å². The maximum absolute atomic E-state index is 14.2. The molecule has 0 spiro atoms. The fourth-order valence-corrected chi connectivity index (χ4v) is 6.78. The maximum Gasteiger partial charge on any atom is 0.245 e. The highest BCUT2D eigenvalue weighted by atomic mass is 16.5. The second-order valence-corrected chi connectivity index (χ2v) is 12.7. The van der Waals surface area contributed by atoms with Crippen LogP contribution in [0.1, 0.15) is 60.8 Å². The van der Waals surface area contributed by atoms with E-state index in [0.717, 1.165) is 73.3 Å². The summed E-state index contributed by atoms with van der Waals surface area (Å²) in [5, 5.41) is 13.6. The Balaban J connectivity index is 1.22. The van der Waals surface area contributed by atoms with Crippen molar-refractivity contribution in [3.8, 4) is 11.5 Å². The highest BCUT2D eigenvalue weighted by molar-refractivity contribution is 5.95. The smallest absolute Gasteiger partial charge is 0.245 e. The fourth-order valence-electron chi connectivity index (χ4n) is 6.78. The number of amidine groups is 1. The largest absolute Gasteiger partial charge is 0.508 e. The number of phenolic OH excluding ortho intramolecular Hbond substituents is 1. The molecule has 46 heavy (non-hydrogen) atoms. The van der Waals surface area contributed by atoms with E-state index in [-0.39, 0.29) is 29.8 Å². The molecule has 0 saturated heterocycles. The van der Waals surface area contributed by atoms with E-state index in [9.17, 15) is 9.90 Å². The van der Waals surface area contributed by atoms with Gasteiger partial charge in [-0.05, 0) is 78.6 Å². The molecule has 1 saturated carbocycles. The van der Waals surface area contributed by atoms with Crippen molar-refractivity contribution in [2.45, 2.75) is 82.5 Å². The van der Waals surface area contributed by atoms with Crippen molar-refractivity contribution in [3.05, 3.63) is 131 Å².